The largest absolute Gasteiger partial charge is 0.463 e. The van der Waals surface area contributed by atoms with E-state index in [1.165, 1.54) is 48.5 Å². The molecule has 0 aliphatic carbocycles. The molecule has 6 rings (SSSR count). The molecular formula is C72H130O25Si2. The van der Waals surface area contributed by atoms with Crippen LogP contribution in [0.25, 0.3) is 0 Å². The van der Waals surface area contributed by atoms with Crippen molar-refractivity contribution >= 4 is 58.4 Å². The SMILES string of the molecule is C.CC(=O)OCC1O[C@@H](O[C@@H]2C(COC(C)=O)OC(C)[C@@H](O[Si](C)(C)C)C2C)[C@@H](C)C(C)[C@@H]1C.CC(=O)OCC1O[C@@H](O[C@@H]2C(COC(C)=O)OC(C)[C@@H](O[Si](C)(C)C)C2C)[C@@H](C)C(C)[C@@H]1C.CCC1O[C@H](O[C@H]2OC(COC(C)=O)[C@@H](C)C(C)[C@@H]2C)C(C)[C@H](OC(C)=O)[C@@H]1OC(C)=O. The van der Waals surface area contributed by atoms with E-state index in [1.807, 2.05) is 34.6 Å². The van der Waals surface area contributed by atoms with E-state index >= 15 is 0 Å². The van der Waals surface area contributed by atoms with Crippen LogP contribution in [0.2, 0.25) is 39.3 Å². The van der Waals surface area contributed by atoms with E-state index in [2.05, 4.69) is 109 Å². The first-order valence-corrected chi connectivity index (χ1v) is 42.5. The maximum Gasteiger partial charge on any atom is 0.303 e. The Balaban J connectivity index is 0.000000385. The summed E-state index contributed by atoms with van der Waals surface area (Å²) in [6.07, 6.45) is -6.82. The van der Waals surface area contributed by atoms with E-state index in [0.29, 0.717) is 18.3 Å². The van der Waals surface area contributed by atoms with Gasteiger partial charge in [0, 0.05) is 84.0 Å². The lowest BCUT2D eigenvalue weighted by Gasteiger charge is -2.49. The van der Waals surface area contributed by atoms with Crippen molar-refractivity contribution in [1.82, 2.24) is 0 Å². The van der Waals surface area contributed by atoms with Gasteiger partial charge in [-0.15, -0.1) is 0 Å². The summed E-state index contributed by atoms with van der Waals surface area (Å²) in [5.41, 5.74) is 0. The van der Waals surface area contributed by atoms with E-state index in [9.17, 15) is 33.6 Å². The van der Waals surface area contributed by atoms with Gasteiger partial charge in [-0.2, -0.15) is 0 Å². The Hall–Kier alpha value is -3.72. The second-order valence-electron chi connectivity index (χ2n) is 30.5. The van der Waals surface area contributed by atoms with Crippen LogP contribution in [0.3, 0.4) is 0 Å². The molecule has 0 aromatic rings. The Kier molecular flexibility index (Phi) is 36.1. The normalized spacial score (nSPS) is 39.3. The second-order valence-corrected chi connectivity index (χ2v) is 39.5. The number of carbonyl (C=O) groups excluding carboxylic acids is 7. The third-order valence-corrected chi connectivity index (χ3v) is 22.5. The van der Waals surface area contributed by atoms with Gasteiger partial charge in [-0.1, -0.05) is 97.4 Å². The number of hydrogen-bond acceptors (Lipinski definition) is 25. The Labute approximate surface area is 594 Å². The molecule has 14 unspecified atom stereocenters. The lowest BCUT2D eigenvalue weighted by atomic mass is 9.79. The van der Waals surface area contributed by atoms with Gasteiger partial charge < -0.3 is 84.6 Å². The van der Waals surface area contributed by atoms with Crippen molar-refractivity contribution in [3.8, 4) is 0 Å². The lowest BCUT2D eigenvalue weighted by molar-refractivity contribution is -0.352. The lowest BCUT2D eigenvalue weighted by Crippen LogP contribution is -2.59. The third-order valence-electron chi connectivity index (χ3n) is 20.5. The number of ether oxygens (including phenoxy) is 16. The standard InChI is InChI=1S/2C24H44O8Si.C23H38O9.CH4/c2*1-13-14(2)20(11-27-18(6)25)30-24(15(13)3)31-23-16(4)22(32-33(8,9)10)17(5)29-21(23)12-28-19(7)26;1-9-18-21(29-17(8)26)20(28-16(7)25)14(5)23(30-18)32-22-13(4)11(2)12(3)19(31-22)10-27-15(6)24;/h2*13-17,20-24H,11-12H2,1-10H3;11-14,18-23H,9-10H2,1-8H3;1H4/t2*13?,14-,15-,16?,17?,20?,21?,22-,23-,24-;11?,12-,13-,14?,18?,19?,20-,21+,22+,23+;/m000./s1. The van der Waals surface area contributed by atoms with Crippen LogP contribution < -0.4 is 0 Å². The van der Waals surface area contributed by atoms with Crippen molar-refractivity contribution in [2.75, 3.05) is 33.0 Å². The van der Waals surface area contributed by atoms with Gasteiger partial charge in [0.15, 0.2) is 47.9 Å². The fourth-order valence-corrected chi connectivity index (χ4v) is 16.3. The summed E-state index contributed by atoms with van der Waals surface area (Å²) in [6, 6.07) is 0. The molecular weight excluding hydrogens is 1320 g/mol. The van der Waals surface area contributed by atoms with E-state index < -0.39 is 90.2 Å². The maximum atomic E-state index is 11.8. The molecule has 0 saturated carbocycles. The number of carbonyl (C=O) groups is 7. The minimum Gasteiger partial charge on any atom is -0.463 e. The zero-order chi connectivity index (χ0) is 74.3. The van der Waals surface area contributed by atoms with Gasteiger partial charge in [0.05, 0.1) is 54.9 Å². The Morgan fingerprint density at radius 1 is 0.283 bits per heavy atom. The maximum absolute atomic E-state index is 11.8. The highest BCUT2D eigenvalue weighted by Gasteiger charge is 2.53. The van der Waals surface area contributed by atoms with Crippen molar-refractivity contribution in [1.29, 1.82) is 0 Å². The van der Waals surface area contributed by atoms with Crippen molar-refractivity contribution in [3.05, 3.63) is 0 Å². The highest BCUT2D eigenvalue weighted by molar-refractivity contribution is 6.70. The highest BCUT2D eigenvalue weighted by atomic mass is 28.4. The van der Waals surface area contributed by atoms with Crippen LogP contribution in [0.1, 0.15) is 166 Å². The summed E-state index contributed by atoms with van der Waals surface area (Å²) in [4.78, 5) is 80.4. The Bertz CT molecular complexity index is 2420. The molecule has 30 atom stereocenters. The molecule has 27 heteroatoms. The second kappa shape index (κ2) is 40.0. The summed E-state index contributed by atoms with van der Waals surface area (Å²) >= 11 is 0. The molecule has 0 aromatic carbocycles. The molecule has 576 valence electrons. The summed E-state index contributed by atoms with van der Waals surface area (Å²) in [5, 5.41) is 0. The molecule has 6 fully saturated rings. The van der Waals surface area contributed by atoms with Gasteiger partial charge >= 0.3 is 41.8 Å². The van der Waals surface area contributed by atoms with Crippen molar-refractivity contribution < 1.29 is 118 Å². The molecule has 0 radical (unpaired) electrons. The zero-order valence-electron chi connectivity index (χ0n) is 64.3. The monoisotopic (exact) mass is 1450 g/mol. The van der Waals surface area contributed by atoms with Crippen molar-refractivity contribution in [2.45, 2.75) is 316 Å². The first-order chi connectivity index (χ1) is 45.4. The van der Waals surface area contributed by atoms with Gasteiger partial charge in [-0.25, -0.2) is 0 Å². The van der Waals surface area contributed by atoms with Crippen LogP contribution in [0.4, 0.5) is 0 Å². The van der Waals surface area contributed by atoms with Crippen LogP contribution in [-0.4, -0.2) is 202 Å². The fourth-order valence-electron chi connectivity index (χ4n) is 13.8. The van der Waals surface area contributed by atoms with E-state index in [1.54, 1.807) is 0 Å². The molecule has 6 heterocycles. The van der Waals surface area contributed by atoms with Crippen molar-refractivity contribution in [2.24, 2.45) is 71.0 Å². The van der Waals surface area contributed by atoms with E-state index in [0.717, 1.165) is 0 Å². The quantitative estimate of drug-likeness (QED) is 0.0522. The van der Waals surface area contributed by atoms with Crippen LogP contribution in [0.15, 0.2) is 0 Å². The highest BCUT2D eigenvalue weighted by Crippen LogP contribution is 2.44. The van der Waals surface area contributed by atoms with Crippen LogP contribution in [0.5, 0.6) is 0 Å². The minimum atomic E-state index is -1.84. The fraction of sp³-hybridized carbons (Fsp3) is 0.903. The van der Waals surface area contributed by atoms with Gasteiger partial charge in [0.2, 0.25) is 0 Å². The molecule has 6 aliphatic heterocycles. The Morgan fingerprint density at radius 3 is 0.818 bits per heavy atom. The smallest absolute Gasteiger partial charge is 0.303 e. The van der Waals surface area contributed by atoms with Crippen molar-refractivity contribution in [3.63, 3.8) is 0 Å². The average molecular weight is 1450 g/mol. The predicted molar refractivity (Wildman–Crippen MR) is 372 cm³/mol. The van der Waals surface area contributed by atoms with Gasteiger partial charge in [0.25, 0.3) is 0 Å². The minimum absolute atomic E-state index is 0. The molecule has 0 N–H and O–H groups in total. The first kappa shape index (κ1) is 89.5. The molecule has 25 nitrogen and oxygen atoms in total. The van der Waals surface area contributed by atoms with E-state index in [-0.39, 0.29) is 179 Å². The zero-order valence-corrected chi connectivity index (χ0v) is 66.3. The third kappa shape index (κ3) is 26.7. The molecule has 0 bridgehead atoms. The molecule has 99 heavy (non-hydrogen) atoms. The average Bonchev–Trinajstić information content (AvgIpc) is 0.794. The number of rotatable bonds is 23. The molecule has 0 aromatic heterocycles. The molecule has 6 saturated heterocycles. The van der Waals surface area contributed by atoms with Gasteiger partial charge in [-0.3, -0.25) is 33.6 Å². The molecule has 0 amide bonds. The van der Waals surface area contributed by atoms with Gasteiger partial charge in [-0.05, 0) is 95.1 Å². The summed E-state index contributed by atoms with van der Waals surface area (Å²) < 4.78 is 107. The van der Waals surface area contributed by atoms with Crippen LogP contribution >= 0.6 is 0 Å². The number of hydrogen-bond donors (Lipinski definition) is 0. The number of esters is 7. The summed E-state index contributed by atoms with van der Waals surface area (Å²) in [7, 11) is -3.67. The first-order valence-electron chi connectivity index (χ1n) is 35.6. The van der Waals surface area contributed by atoms with Crippen LogP contribution in [0, 0.1) is 71.0 Å². The molecule has 6 aliphatic rings. The predicted octanol–water partition coefficient (Wildman–Crippen LogP) is 11.0. The summed E-state index contributed by atoms with van der Waals surface area (Å²) in [5.74, 6) is -1.39. The Morgan fingerprint density at radius 2 is 0.545 bits per heavy atom. The van der Waals surface area contributed by atoms with Crippen LogP contribution in [-0.2, 0) is 118 Å². The van der Waals surface area contributed by atoms with E-state index in [4.69, 9.17) is 84.6 Å². The summed E-state index contributed by atoms with van der Waals surface area (Å²) in [6.45, 7) is 54.2. The van der Waals surface area contributed by atoms with Gasteiger partial charge in [0.1, 0.15) is 57.5 Å². The topological polar surface area (TPSA) is 286 Å². The molecule has 0 spiro atoms.